The van der Waals surface area contributed by atoms with Gasteiger partial charge in [-0.05, 0) is 24.6 Å². The molecular formula is C19H20F3NO4. The molecule has 0 aliphatic heterocycles. The Morgan fingerprint density at radius 1 is 1.04 bits per heavy atom. The van der Waals surface area contributed by atoms with E-state index in [0.29, 0.717) is 23.3 Å². The molecule has 1 aromatic rings. The molecule has 5 nitrogen and oxygen atoms in total. The standard InChI is InChI=1S/C19H20F3NO4/c1-10-9-13(23-2)16(18(25)27-4)15(14(10)17(24)26-3)11-5-7-12(8-6-11)19(20,21)22/h5-8,15,23H,9H2,1-4H3. The van der Waals surface area contributed by atoms with Gasteiger partial charge in [-0.3, -0.25) is 0 Å². The van der Waals surface area contributed by atoms with Crippen LogP contribution in [0.2, 0.25) is 0 Å². The van der Waals surface area contributed by atoms with Crippen LogP contribution in [0.3, 0.4) is 0 Å². The molecule has 27 heavy (non-hydrogen) atoms. The van der Waals surface area contributed by atoms with Crippen molar-refractivity contribution >= 4 is 11.9 Å². The molecule has 1 aliphatic rings. The van der Waals surface area contributed by atoms with Gasteiger partial charge < -0.3 is 14.8 Å². The number of allylic oxidation sites excluding steroid dienone is 1. The van der Waals surface area contributed by atoms with Crippen LogP contribution in [0.25, 0.3) is 0 Å². The number of halogens is 3. The van der Waals surface area contributed by atoms with Crippen molar-refractivity contribution in [3.05, 3.63) is 57.8 Å². The Hall–Kier alpha value is -2.77. The molecule has 146 valence electrons. The van der Waals surface area contributed by atoms with Gasteiger partial charge in [-0.1, -0.05) is 17.7 Å². The summed E-state index contributed by atoms with van der Waals surface area (Å²) in [5.41, 5.74) is 1.12. The average molecular weight is 383 g/mol. The fourth-order valence-electron chi connectivity index (χ4n) is 3.19. The van der Waals surface area contributed by atoms with Gasteiger partial charge in [0.05, 0.1) is 31.3 Å². The zero-order chi connectivity index (χ0) is 20.4. The van der Waals surface area contributed by atoms with E-state index in [4.69, 9.17) is 9.47 Å². The molecular weight excluding hydrogens is 363 g/mol. The molecule has 1 unspecified atom stereocenters. The van der Waals surface area contributed by atoms with Crippen molar-refractivity contribution in [1.82, 2.24) is 5.32 Å². The number of nitrogens with one attached hydrogen (secondary N) is 1. The number of ether oxygens (including phenoxy) is 2. The monoisotopic (exact) mass is 383 g/mol. The van der Waals surface area contributed by atoms with E-state index in [1.807, 2.05) is 0 Å². The molecule has 0 spiro atoms. The molecule has 0 aromatic heterocycles. The van der Waals surface area contributed by atoms with Gasteiger partial charge in [0, 0.05) is 24.7 Å². The summed E-state index contributed by atoms with van der Waals surface area (Å²) in [7, 11) is 4.04. The Bertz CT molecular complexity index is 807. The van der Waals surface area contributed by atoms with Gasteiger partial charge in [-0.2, -0.15) is 13.2 Å². The van der Waals surface area contributed by atoms with Gasteiger partial charge >= 0.3 is 18.1 Å². The molecule has 1 atom stereocenters. The smallest absolute Gasteiger partial charge is 0.416 e. The van der Waals surface area contributed by atoms with Crippen LogP contribution in [0.15, 0.2) is 46.7 Å². The summed E-state index contributed by atoms with van der Waals surface area (Å²) in [6.07, 6.45) is -4.19. The fraction of sp³-hybridized carbons (Fsp3) is 0.368. The van der Waals surface area contributed by atoms with Crippen LogP contribution >= 0.6 is 0 Å². The molecule has 2 rings (SSSR count). The lowest BCUT2D eigenvalue weighted by Crippen LogP contribution is -2.29. The van der Waals surface area contributed by atoms with E-state index in [1.54, 1.807) is 14.0 Å². The molecule has 0 saturated heterocycles. The van der Waals surface area contributed by atoms with Crippen LogP contribution in [0.4, 0.5) is 13.2 Å². The van der Waals surface area contributed by atoms with Crippen LogP contribution in [0.1, 0.15) is 30.4 Å². The molecule has 0 amide bonds. The number of rotatable bonds is 4. The van der Waals surface area contributed by atoms with Crippen LogP contribution in [-0.4, -0.2) is 33.2 Å². The predicted molar refractivity (Wildman–Crippen MR) is 91.6 cm³/mol. The van der Waals surface area contributed by atoms with E-state index in [2.05, 4.69) is 5.32 Å². The maximum absolute atomic E-state index is 12.9. The first-order valence-electron chi connectivity index (χ1n) is 8.09. The molecule has 1 aliphatic carbocycles. The highest BCUT2D eigenvalue weighted by Crippen LogP contribution is 2.42. The number of benzene rings is 1. The minimum atomic E-state index is -4.49. The highest BCUT2D eigenvalue weighted by atomic mass is 19.4. The van der Waals surface area contributed by atoms with Crippen molar-refractivity contribution in [2.24, 2.45) is 0 Å². The fourth-order valence-corrected chi connectivity index (χ4v) is 3.19. The summed E-state index contributed by atoms with van der Waals surface area (Å²) in [5.74, 6) is -2.21. The minimum Gasteiger partial charge on any atom is -0.466 e. The van der Waals surface area contributed by atoms with Gasteiger partial charge in [0.1, 0.15) is 0 Å². The average Bonchev–Trinajstić information content (AvgIpc) is 2.65. The minimum absolute atomic E-state index is 0.172. The van der Waals surface area contributed by atoms with E-state index in [-0.39, 0.29) is 11.1 Å². The molecule has 0 saturated carbocycles. The van der Waals surface area contributed by atoms with E-state index in [1.165, 1.54) is 26.4 Å². The van der Waals surface area contributed by atoms with Crippen molar-refractivity contribution in [2.45, 2.75) is 25.4 Å². The van der Waals surface area contributed by atoms with Crippen LogP contribution in [-0.2, 0) is 25.2 Å². The second-order valence-corrected chi connectivity index (χ2v) is 6.05. The summed E-state index contributed by atoms with van der Waals surface area (Å²) in [6.45, 7) is 1.72. The molecule has 8 heteroatoms. The van der Waals surface area contributed by atoms with E-state index in [9.17, 15) is 22.8 Å². The Morgan fingerprint density at radius 3 is 2.00 bits per heavy atom. The molecule has 1 aromatic carbocycles. The third-order valence-corrected chi connectivity index (χ3v) is 4.49. The number of hydrogen-bond acceptors (Lipinski definition) is 5. The van der Waals surface area contributed by atoms with E-state index in [0.717, 1.165) is 12.1 Å². The second-order valence-electron chi connectivity index (χ2n) is 6.05. The van der Waals surface area contributed by atoms with E-state index < -0.39 is 29.6 Å². The largest absolute Gasteiger partial charge is 0.466 e. The number of carbonyl (C=O) groups excluding carboxylic acids is 2. The lowest BCUT2D eigenvalue weighted by atomic mass is 9.76. The molecule has 1 N–H and O–H groups in total. The topological polar surface area (TPSA) is 64.6 Å². The maximum Gasteiger partial charge on any atom is 0.416 e. The Morgan fingerprint density at radius 2 is 1.56 bits per heavy atom. The number of carbonyl (C=O) groups is 2. The van der Waals surface area contributed by atoms with Crippen molar-refractivity contribution < 1.29 is 32.2 Å². The quantitative estimate of drug-likeness (QED) is 0.808. The van der Waals surface area contributed by atoms with Crippen LogP contribution in [0, 0.1) is 0 Å². The SMILES string of the molecule is CNC1=C(C(=O)OC)C(c2ccc(C(F)(F)F)cc2)C(C(=O)OC)=C(C)C1. The third-order valence-electron chi connectivity index (χ3n) is 4.49. The van der Waals surface area contributed by atoms with Gasteiger partial charge in [-0.15, -0.1) is 0 Å². The molecule has 0 heterocycles. The van der Waals surface area contributed by atoms with Crippen molar-refractivity contribution in [2.75, 3.05) is 21.3 Å². The number of methoxy groups -OCH3 is 2. The molecule has 0 fully saturated rings. The summed E-state index contributed by atoms with van der Waals surface area (Å²) in [5, 5.41) is 2.93. The molecule has 0 radical (unpaired) electrons. The summed E-state index contributed by atoms with van der Waals surface area (Å²) in [6, 6.07) is 4.35. The zero-order valence-corrected chi connectivity index (χ0v) is 15.4. The highest BCUT2D eigenvalue weighted by Gasteiger charge is 2.38. The Kier molecular flexibility index (Phi) is 5.98. The number of alkyl halides is 3. The summed E-state index contributed by atoms with van der Waals surface area (Å²) < 4.78 is 48.4. The zero-order valence-electron chi connectivity index (χ0n) is 15.4. The van der Waals surface area contributed by atoms with Crippen molar-refractivity contribution in [1.29, 1.82) is 0 Å². The maximum atomic E-state index is 12.9. The summed E-state index contributed by atoms with van der Waals surface area (Å²) >= 11 is 0. The van der Waals surface area contributed by atoms with Gasteiger partial charge in [0.15, 0.2) is 0 Å². The van der Waals surface area contributed by atoms with Gasteiger partial charge in [-0.25, -0.2) is 9.59 Å². The Labute approximate surface area is 154 Å². The van der Waals surface area contributed by atoms with Crippen LogP contribution < -0.4 is 5.32 Å². The number of esters is 2. The normalized spacial score (nSPS) is 17.7. The third kappa shape index (κ3) is 3.99. The first-order chi connectivity index (χ1) is 12.6. The van der Waals surface area contributed by atoms with Crippen molar-refractivity contribution in [3.63, 3.8) is 0 Å². The second kappa shape index (κ2) is 7.85. The summed E-state index contributed by atoms with van der Waals surface area (Å²) in [4.78, 5) is 24.8. The van der Waals surface area contributed by atoms with Crippen molar-refractivity contribution in [3.8, 4) is 0 Å². The predicted octanol–water partition coefficient (Wildman–Crippen LogP) is 3.33. The Balaban J connectivity index is 2.68. The first-order valence-corrected chi connectivity index (χ1v) is 8.09. The first kappa shape index (κ1) is 20.5. The lowest BCUT2D eigenvalue weighted by Gasteiger charge is -2.30. The van der Waals surface area contributed by atoms with E-state index >= 15 is 0 Å². The highest BCUT2D eigenvalue weighted by molar-refractivity contribution is 6.00. The number of hydrogen-bond donors (Lipinski definition) is 1. The van der Waals surface area contributed by atoms with Crippen LogP contribution in [0.5, 0.6) is 0 Å². The van der Waals surface area contributed by atoms with Gasteiger partial charge in [0.25, 0.3) is 0 Å². The lowest BCUT2D eigenvalue weighted by molar-refractivity contribution is -0.138. The molecule has 0 bridgehead atoms. The van der Waals surface area contributed by atoms with Gasteiger partial charge in [0.2, 0.25) is 0 Å².